The van der Waals surface area contributed by atoms with E-state index in [9.17, 15) is 24.3 Å². The summed E-state index contributed by atoms with van der Waals surface area (Å²) in [7, 11) is 0. The molecule has 0 saturated heterocycles. The molecule has 12 heteroatoms. The topological polar surface area (TPSA) is 166 Å². The number of carbonyl (C=O) groups is 4. The molecular formula is C25H37N5O5S2. The SMILES string of the molecule is CCC(C)C(NC(=O)C(CS)NC(=O)C(N)Cc1c[nH]c2ccccc12)C(=O)NC(CCSC)C(=O)O. The molecule has 0 spiro atoms. The van der Waals surface area contributed by atoms with Crippen LogP contribution in [0.15, 0.2) is 30.5 Å². The Hall–Kier alpha value is -2.70. The van der Waals surface area contributed by atoms with Gasteiger partial charge in [0.25, 0.3) is 0 Å². The van der Waals surface area contributed by atoms with Crippen molar-refractivity contribution in [3.63, 3.8) is 0 Å². The minimum atomic E-state index is -1.14. The normalized spacial score (nSPS) is 15.3. The quantitative estimate of drug-likeness (QED) is 0.164. The summed E-state index contributed by atoms with van der Waals surface area (Å²) in [5, 5.41) is 18.2. The van der Waals surface area contributed by atoms with Gasteiger partial charge in [-0.2, -0.15) is 24.4 Å². The van der Waals surface area contributed by atoms with Crippen LogP contribution in [-0.2, 0) is 25.6 Å². The van der Waals surface area contributed by atoms with Gasteiger partial charge in [-0.1, -0.05) is 38.5 Å². The minimum absolute atomic E-state index is 0.0162. The summed E-state index contributed by atoms with van der Waals surface area (Å²) in [4.78, 5) is 53.5. The predicted octanol–water partition coefficient (Wildman–Crippen LogP) is 1.31. The number of H-pyrrole nitrogens is 1. The minimum Gasteiger partial charge on any atom is -0.480 e. The van der Waals surface area contributed by atoms with Crippen molar-refractivity contribution in [1.29, 1.82) is 0 Å². The van der Waals surface area contributed by atoms with Crippen LogP contribution < -0.4 is 21.7 Å². The van der Waals surface area contributed by atoms with E-state index in [0.717, 1.165) is 16.5 Å². The Balaban J connectivity index is 2.05. The molecule has 0 aliphatic heterocycles. The number of benzene rings is 1. The lowest BCUT2D eigenvalue weighted by molar-refractivity contribution is -0.142. The molecule has 3 amide bonds. The number of fused-ring (bicyclic) bond motifs is 1. The lowest BCUT2D eigenvalue weighted by Crippen LogP contribution is -2.59. The molecule has 5 atom stereocenters. The molecule has 1 aromatic carbocycles. The number of aromatic amines is 1. The van der Waals surface area contributed by atoms with Gasteiger partial charge in [-0.05, 0) is 42.4 Å². The van der Waals surface area contributed by atoms with Crippen LogP contribution in [0.2, 0.25) is 0 Å². The van der Waals surface area contributed by atoms with Crippen LogP contribution in [0.3, 0.4) is 0 Å². The fourth-order valence-corrected chi connectivity index (χ4v) is 4.54. The Bertz CT molecular complexity index is 1080. The molecule has 10 nitrogen and oxygen atoms in total. The van der Waals surface area contributed by atoms with Gasteiger partial charge in [0.15, 0.2) is 0 Å². The number of aliphatic carboxylic acids is 1. The molecule has 204 valence electrons. The number of carbonyl (C=O) groups excluding carboxylic acids is 3. The number of amides is 3. The van der Waals surface area contributed by atoms with E-state index >= 15 is 0 Å². The molecule has 2 rings (SSSR count). The van der Waals surface area contributed by atoms with Crippen LogP contribution >= 0.6 is 24.4 Å². The van der Waals surface area contributed by atoms with E-state index < -0.39 is 47.9 Å². The Morgan fingerprint density at radius 3 is 2.38 bits per heavy atom. The summed E-state index contributed by atoms with van der Waals surface area (Å²) in [6.07, 6.45) is 4.74. The molecule has 0 bridgehead atoms. The number of thioether (sulfide) groups is 1. The second kappa shape index (κ2) is 14.9. The van der Waals surface area contributed by atoms with Gasteiger partial charge in [-0.25, -0.2) is 4.79 Å². The first-order valence-corrected chi connectivity index (χ1v) is 14.2. The summed E-state index contributed by atoms with van der Waals surface area (Å²) < 4.78 is 0. The fraction of sp³-hybridized carbons (Fsp3) is 0.520. The van der Waals surface area contributed by atoms with Gasteiger partial charge < -0.3 is 31.8 Å². The predicted molar refractivity (Wildman–Crippen MR) is 150 cm³/mol. The number of thiol groups is 1. The van der Waals surface area contributed by atoms with Crippen molar-refractivity contribution in [2.45, 2.75) is 57.3 Å². The zero-order valence-electron chi connectivity index (χ0n) is 21.3. The monoisotopic (exact) mass is 551 g/mol. The van der Waals surface area contributed by atoms with Crippen LogP contribution in [0.1, 0.15) is 32.3 Å². The first-order chi connectivity index (χ1) is 17.6. The number of hydrogen-bond donors (Lipinski definition) is 7. The van der Waals surface area contributed by atoms with Gasteiger partial charge in [-0.15, -0.1) is 0 Å². The van der Waals surface area contributed by atoms with Crippen LogP contribution in [-0.4, -0.2) is 75.7 Å². The number of nitrogens with one attached hydrogen (secondary N) is 4. The van der Waals surface area contributed by atoms with E-state index in [2.05, 4.69) is 33.6 Å². The summed E-state index contributed by atoms with van der Waals surface area (Å²) in [6, 6.07) is 3.69. The lowest BCUT2D eigenvalue weighted by Gasteiger charge is -2.27. The number of hydrogen-bond acceptors (Lipinski definition) is 7. The van der Waals surface area contributed by atoms with Crippen molar-refractivity contribution in [3.05, 3.63) is 36.0 Å². The maximum atomic E-state index is 13.0. The van der Waals surface area contributed by atoms with Crippen molar-refractivity contribution in [2.75, 3.05) is 17.8 Å². The first-order valence-electron chi connectivity index (χ1n) is 12.2. The summed E-state index contributed by atoms with van der Waals surface area (Å²) in [5.74, 6) is -2.58. The van der Waals surface area contributed by atoms with E-state index in [-0.39, 0.29) is 24.5 Å². The third kappa shape index (κ3) is 8.68. The molecule has 2 aromatic rings. The Labute approximate surface area is 226 Å². The van der Waals surface area contributed by atoms with Gasteiger partial charge in [-0.3, -0.25) is 14.4 Å². The molecule has 0 fully saturated rings. The van der Waals surface area contributed by atoms with Gasteiger partial charge in [0, 0.05) is 22.9 Å². The molecule has 1 aromatic heterocycles. The third-order valence-corrected chi connectivity index (χ3v) is 7.29. The van der Waals surface area contributed by atoms with Crippen molar-refractivity contribution >= 4 is 59.0 Å². The highest BCUT2D eigenvalue weighted by Crippen LogP contribution is 2.19. The van der Waals surface area contributed by atoms with Crippen LogP contribution in [0, 0.1) is 5.92 Å². The molecule has 37 heavy (non-hydrogen) atoms. The molecule has 7 N–H and O–H groups in total. The third-order valence-electron chi connectivity index (χ3n) is 6.29. The highest BCUT2D eigenvalue weighted by atomic mass is 32.2. The Morgan fingerprint density at radius 1 is 1.08 bits per heavy atom. The van der Waals surface area contributed by atoms with Crippen LogP contribution in [0.5, 0.6) is 0 Å². The smallest absolute Gasteiger partial charge is 0.326 e. The molecule has 1 heterocycles. The van der Waals surface area contributed by atoms with Gasteiger partial charge in [0.2, 0.25) is 17.7 Å². The number of rotatable bonds is 15. The second-order valence-electron chi connectivity index (χ2n) is 8.97. The van der Waals surface area contributed by atoms with Gasteiger partial charge in [0.1, 0.15) is 18.1 Å². The molecule has 0 aliphatic carbocycles. The highest BCUT2D eigenvalue weighted by molar-refractivity contribution is 7.98. The molecule has 0 aliphatic rings. The standard InChI is InChI=1S/C25H37N5O5S2/c1-4-14(2)21(24(33)28-19(25(34)35)9-10-37-3)30-23(32)20(13-36)29-22(31)17(26)11-15-12-27-18-8-6-5-7-16(15)18/h5-8,12,14,17,19-21,27,36H,4,9-11,13,26H2,1-3H3,(H,28,33)(H,29,31)(H,30,32)(H,34,35). The van der Waals surface area contributed by atoms with Gasteiger partial charge in [0.05, 0.1) is 6.04 Å². The van der Waals surface area contributed by atoms with Crippen LogP contribution in [0.25, 0.3) is 10.9 Å². The number of nitrogens with two attached hydrogens (primary N) is 1. The van der Waals surface area contributed by atoms with Crippen LogP contribution in [0.4, 0.5) is 0 Å². The maximum absolute atomic E-state index is 13.0. The lowest BCUT2D eigenvalue weighted by atomic mass is 9.97. The molecule has 5 unspecified atom stereocenters. The van der Waals surface area contributed by atoms with E-state index in [1.807, 2.05) is 37.4 Å². The average Bonchev–Trinajstić information content (AvgIpc) is 3.29. The van der Waals surface area contributed by atoms with Crippen molar-refractivity contribution in [2.24, 2.45) is 11.7 Å². The van der Waals surface area contributed by atoms with E-state index in [1.165, 1.54) is 11.8 Å². The van der Waals surface area contributed by atoms with E-state index in [0.29, 0.717) is 12.2 Å². The summed E-state index contributed by atoms with van der Waals surface area (Å²) >= 11 is 5.68. The van der Waals surface area contributed by atoms with Crippen molar-refractivity contribution in [3.8, 4) is 0 Å². The number of carboxylic acid groups (broad SMARTS) is 1. The largest absolute Gasteiger partial charge is 0.480 e. The zero-order chi connectivity index (χ0) is 27.5. The van der Waals surface area contributed by atoms with Gasteiger partial charge >= 0.3 is 5.97 Å². The first kappa shape index (κ1) is 30.5. The van der Waals surface area contributed by atoms with E-state index in [1.54, 1.807) is 13.1 Å². The molecular weight excluding hydrogens is 514 g/mol. The second-order valence-corrected chi connectivity index (χ2v) is 10.3. The highest BCUT2D eigenvalue weighted by Gasteiger charge is 2.32. The fourth-order valence-electron chi connectivity index (χ4n) is 3.81. The summed E-state index contributed by atoms with van der Waals surface area (Å²) in [6.45, 7) is 3.65. The Kier molecular flexibility index (Phi) is 12.3. The zero-order valence-corrected chi connectivity index (χ0v) is 23.0. The Morgan fingerprint density at radius 2 is 1.76 bits per heavy atom. The molecule has 0 radical (unpaired) electrons. The number of carboxylic acids is 1. The molecule has 0 saturated carbocycles. The van der Waals surface area contributed by atoms with Crippen molar-refractivity contribution < 1.29 is 24.3 Å². The number of para-hydroxylation sites is 1. The van der Waals surface area contributed by atoms with Crippen molar-refractivity contribution in [1.82, 2.24) is 20.9 Å². The summed E-state index contributed by atoms with van der Waals surface area (Å²) in [5.41, 5.74) is 7.96. The maximum Gasteiger partial charge on any atom is 0.326 e. The average molecular weight is 552 g/mol. The number of aromatic nitrogens is 1. The van der Waals surface area contributed by atoms with E-state index in [4.69, 9.17) is 5.73 Å².